The summed E-state index contributed by atoms with van der Waals surface area (Å²) >= 11 is 0. The van der Waals surface area contributed by atoms with Crippen LogP contribution in [0.15, 0.2) is 12.1 Å². The zero-order valence-corrected chi connectivity index (χ0v) is 15.2. The summed E-state index contributed by atoms with van der Waals surface area (Å²) < 4.78 is 16.2. The average molecular weight is 336 g/mol. The summed E-state index contributed by atoms with van der Waals surface area (Å²) in [6.07, 6.45) is 1.45. The number of piperidine rings is 1. The standard InChI is InChI=1S/C18H28N2O4/c1-18(2,3)24-17(21)20-8-6-12(7-9-20)13-10-16(23-5)14(19)11-15(13)22-4/h10-12H,6-9,19H2,1-5H3. The quantitative estimate of drug-likeness (QED) is 0.856. The molecule has 1 saturated heterocycles. The molecule has 0 aromatic heterocycles. The third kappa shape index (κ3) is 4.24. The minimum Gasteiger partial charge on any atom is -0.496 e. The highest BCUT2D eigenvalue weighted by Crippen LogP contribution is 2.39. The van der Waals surface area contributed by atoms with Gasteiger partial charge in [0.05, 0.1) is 19.9 Å². The van der Waals surface area contributed by atoms with E-state index < -0.39 is 5.60 Å². The summed E-state index contributed by atoms with van der Waals surface area (Å²) in [5, 5.41) is 0. The van der Waals surface area contributed by atoms with Crippen LogP contribution in [0.4, 0.5) is 10.5 Å². The molecule has 134 valence electrons. The minimum absolute atomic E-state index is 0.247. The molecule has 2 rings (SSSR count). The molecule has 1 heterocycles. The fourth-order valence-corrected chi connectivity index (χ4v) is 2.96. The first-order chi connectivity index (χ1) is 11.2. The smallest absolute Gasteiger partial charge is 0.410 e. The van der Waals surface area contributed by atoms with Crippen LogP contribution in [-0.4, -0.2) is 43.9 Å². The first-order valence-corrected chi connectivity index (χ1v) is 8.24. The Morgan fingerprint density at radius 2 is 1.71 bits per heavy atom. The molecule has 0 bridgehead atoms. The van der Waals surface area contributed by atoms with Crippen LogP contribution >= 0.6 is 0 Å². The van der Waals surface area contributed by atoms with Crippen molar-refractivity contribution in [2.45, 2.75) is 45.1 Å². The van der Waals surface area contributed by atoms with Gasteiger partial charge in [0.25, 0.3) is 0 Å². The normalized spacial score (nSPS) is 16.0. The van der Waals surface area contributed by atoms with E-state index in [1.165, 1.54) is 0 Å². The highest BCUT2D eigenvalue weighted by Gasteiger charge is 2.29. The number of likely N-dealkylation sites (tertiary alicyclic amines) is 1. The Bertz CT molecular complexity index is 587. The molecule has 0 atom stereocenters. The summed E-state index contributed by atoms with van der Waals surface area (Å²) in [5.74, 6) is 1.72. The van der Waals surface area contributed by atoms with Crippen molar-refractivity contribution < 1.29 is 19.0 Å². The molecular weight excluding hydrogens is 308 g/mol. The van der Waals surface area contributed by atoms with Crippen LogP contribution in [0.3, 0.4) is 0 Å². The number of nitrogen functional groups attached to an aromatic ring is 1. The van der Waals surface area contributed by atoms with Crippen LogP contribution in [0, 0.1) is 0 Å². The number of anilines is 1. The van der Waals surface area contributed by atoms with Gasteiger partial charge in [-0.15, -0.1) is 0 Å². The van der Waals surface area contributed by atoms with Crippen LogP contribution < -0.4 is 15.2 Å². The minimum atomic E-state index is -0.471. The first kappa shape index (κ1) is 18.2. The summed E-state index contributed by atoms with van der Waals surface area (Å²) in [6.45, 7) is 6.96. The van der Waals surface area contributed by atoms with Gasteiger partial charge in [-0.25, -0.2) is 4.79 Å². The maximum atomic E-state index is 12.2. The average Bonchev–Trinajstić information content (AvgIpc) is 2.53. The highest BCUT2D eigenvalue weighted by atomic mass is 16.6. The van der Waals surface area contributed by atoms with Crippen molar-refractivity contribution in [2.24, 2.45) is 0 Å². The lowest BCUT2D eigenvalue weighted by Gasteiger charge is -2.34. The first-order valence-electron chi connectivity index (χ1n) is 8.24. The maximum Gasteiger partial charge on any atom is 0.410 e. The lowest BCUT2D eigenvalue weighted by Crippen LogP contribution is -2.41. The molecule has 0 spiro atoms. The number of methoxy groups -OCH3 is 2. The molecule has 1 aromatic carbocycles. The summed E-state index contributed by atoms with van der Waals surface area (Å²) in [6, 6.07) is 3.75. The van der Waals surface area contributed by atoms with E-state index in [1.807, 2.05) is 26.8 Å². The van der Waals surface area contributed by atoms with E-state index in [2.05, 4.69) is 0 Å². The molecular formula is C18H28N2O4. The van der Waals surface area contributed by atoms with Crippen molar-refractivity contribution in [3.63, 3.8) is 0 Å². The fourth-order valence-electron chi connectivity index (χ4n) is 2.96. The number of rotatable bonds is 3. The number of carbonyl (C=O) groups excluding carboxylic acids is 1. The Labute approximate surface area is 143 Å². The van der Waals surface area contributed by atoms with Crippen molar-refractivity contribution in [3.8, 4) is 11.5 Å². The third-order valence-electron chi connectivity index (χ3n) is 4.17. The fraction of sp³-hybridized carbons (Fsp3) is 0.611. The molecule has 1 aliphatic rings. The molecule has 0 aliphatic carbocycles. The van der Waals surface area contributed by atoms with Crippen molar-refractivity contribution in [1.82, 2.24) is 4.90 Å². The summed E-state index contributed by atoms with van der Waals surface area (Å²) in [7, 11) is 3.24. The van der Waals surface area contributed by atoms with E-state index in [1.54, 1.807) is 25.2 Å². The van der Waals surface area contributed by atoms with E-state index in [0.717, 1.165) is 24.2 Å². The van der Waals surface area contributed by atoms with Gasteiger partial charge in [-0.1, -0.05) is 0 Å². The van der Waals surface area contributed by atoms with Crippen molar-refractivity contribution in [3.05, 3.63) is 17.7 Å². The molecule has 1 amide bonds. The predicted octanol–water partition coefficient (Wildman–Crippen LogP) is 3.40. The predicted molar refractivity (Wildman–Crippen MR) is 93.7 cm³/mol. The zero-order valence-electron chi connectivity index (χ0n) is 15.2. The highest BCUT2D eigenvalue weighted by molar-refractivity contribution is 5.68. The van der Waals surface area contributed by atoms with E-state index in [4.69, 9.17) is 19.9 Å². The van der Waals surface area contributed by atoms with Gasteiger partial charge in [0.2, 0.25) is 0 Å². The van der Waals surface area contributed by atoms with Crippen molar-refractivity contribution >= 4 is 11.8 Å². The molecule has 1 aliphatic heterocycles. The number of hydrogen-bond acceptors (Lipinski definition) is 5. The number of nitrogens with zero attached hydrogens (tertiary/aromatic N) is 1. The van der Waals surface area contributed by atoms with Gasteiger partial charge in [-0.05, 0) is 45.6 Å². The van der Waals surface area contributed by atoms with E-state index >= 15 is 0 Å². The Balaban J connectivity index is 2.08. The third-order valence-corrected chi connectivity index (χ3v) is 4.17. The second-order valence-corrected chi connectivity index (χ2v) is 7.08. The van der Waals surface area contributed by atoms with Gasteiger partial charge < -0.3 is 24.8 Å². The van der Waals surface area contributed by atoms with E-state index in [-0.39, 0.29) is 6.09 Å². The number of ether oxygens (including phenoxy) is 3. The maximum absolute atomic E-state index is 12.2. The molecule has 1 aromatic rings. The second-order valence-electron chi connectivity index (χ2n) is 7.08. The Kier molecular flexibility index (Phi) is 5.47. The SMILES string of the molecule is COc1cc(C2CCN(C(=O)OC(C)(C)C)CC2)c(OC)cc1N. The Morgan fingerprint density at radius 1 is 1.12 bits per heavy atom. The van der Waals surface area contributed by atoms with Crippen molar-refractivity contribution in [2.75, 3.05) is 33.0 Å². The molecule has 2 N–H and O–H groups in total. The zero-order chi connectivity index (χ0) is 17.9. The van der Waals surface area contributed by atoms with Gasteiger partial charge in [0.1, 0.15) is 17.1 Å². The molecule has 0 saturated carbocycles. The van der Waals surface area contributed by atoms with Crippen molar-refractivity contribution in [1.29, 1.82) is 0 Å². The van der Waals surface area contributed by atoms with Crippen LogP contribution in [0.1, 0.15) is 45.1 Å². The monoisotopic (exact) mass is 336 g/mol. The van der Waals surface area contributed by atoms with Gasteiger partial charge in [-0.2, -0.15) is 0 Å². The van der Waals surface area contributed by atoms with E-state index in [9.17, 15) is 4.79 Å². The number of carbonyl (C=O) groups is 1. The van der Waals surface area contributed by atoms with Gasteiger partial charge in [-0.3, -0.25) is 0 Å². The van der Waals surface area contributed by atoms with Crippen LogP contribution in [-0.2, 0) is 4.74 Å². The molecule has 0 radical (unpaired) electrons. The molecule has 6 nitrogen and oxygen atoms in total. The molecule has 1 fully saturated rings. The second kappa shape index (κ2) is 7.20. The Hall–Kier alpha value is -2.11. The lowest BCUT2D eigenvalue weighted by molar-refractivity contribution is 0.0204. The topological polar surface area (TPSA) is 74.0 Å². The summed E-state index contributed by atoms with van der Waals surface area (Å²) in [5.41, 5.74) is 7.12. The van der Waals surface area contributed by atoms with E-state index in [0.29, 0.717) is 30.4 Å². The van der Waals surface area contributed by atoms with Gasteiger partial charge in [0.15, 0.2) is 0 Å². The van der Waals surface area contributed by atoms with Crippen LogP contribution in [0.5, 0.6) is 11.5 Å². The number of nitrogens with two attached hydrogens (primary N) is 1. The van der Waals surface area contributed by atoms with Crippen LogP contribution in [0.25, 0.3) is 0 Å². The Morgan fingerprint density at radius 3 is 2.21 bits per heavy atom. The summed E-state index contributed by atoms with van der Waals surface area (Å²) in [4.78, 5) is 13.9. The molecule has 6 heteroatoms. The van der Waals surface area contributed by atoms with Gasteiger partial charge >= 0.3 is 6.09 Å². The van der Waals surface area contributed by atoms with Crippen LogP contribution in [0.2, 0.25) is 0 Å². The lowest BCUT2D eigenvalue weighted by atomic mass is 9.88. The number of hydrogen-bond donors (Lipinski definition) is 1. The number of amides is 1. The largest absolute Gasteiger partial charge is 0.496 e. The number of benzene rings is 1. The molecule has 0 unspecified atom stereocenters. The molecule has 24 heavy (non-hydrogen) atoms. The van der Waals surface area contributed by atoms with Gasteiger partial charge in [0, 0.05) is 24.7 Å².